The van der Waals surface area contributed by atoms with Crippen LogP contribution in [-0.2, 0) is 0 Å². The summed E-state index contributed by atoms with van der Waals surface area (Å²) in [4.78, 5) is 0. The van der Waals surface area contributed by atoms with Gasteiger partial charge in [0.1, 0.15) is 11.1 Å². The number of halogens is 3. The average molecular weight is 320 g/mol. The van der Waals surface area contributed by atoms with Crippen LogP contribution in [0.4, 0.5) is 4.39 Å². The van der Waals surface area contributed by atoms with Crippen molar-refractivity contribution in [3.05, 3.63) is 52.1 Å². The van der Waals surface area contributed by atoms with Crippen LogP contribution in [-0.4, -0.2) is 7.11 Å². The largest absolute Gasteiger partial charge is 0.494 e. The van der Waals surface area contributed by atoms with Crippen LogP contribution in [0.25, 0.3) is 0 Å². The van der Waals surface area contributed by atoms with E-state index < -0.39 is 11.2 Å². The van der Waals surface area contributed by atoms with E-state index in [0.717, 1.165) is 0 Å². The van der Waals surface area contributed by atoms with Crippen molar-refractivity contribution in [3.8, 4) is 5.75 Å². The number of benzene rings is 1. The molecular weight excluding hydrogens is 310 g/mol. The van der Waals surface area contributed by atoms with Gasteiger partial charge >= 0.3 is 0 Å². The van der Waals surface area contributed by atoms with Crippen molar-refractivity contribution in [1.29, 1.82) is 0 Å². The third-order valence-corrected chi connectivity index (χ3v) is 3.21. The van der Waals surface area contributed by atoms with Crippen molar-refractivity contribution in [1.82, 2.24) is 0 Å². The highest BCUT2D eigenvalue weighted by Crippen LogP contribution is 2.33. The zero-order valence-corrected chi connectivity index (χ0v) is 11.3. The highest BCUT2D eigenvalue weighted by atomic mass is 79.9. The van der Waals surface area contributed by atoms with Gasteiger partial charge in [-0.05, 0) is 45.8 Å². The Morgan fingerprint density at radius 3 is 2.65 bits per heavy atom. The molecule has 0 saturated carbocycles. The zero-order valence-electron chi connectivity index (χ0n) is 8.91. The number of ether oxygens (including phenoxy) is 1. The Bertz CT molecular complexity index is 527. The van der Waals surface area contributed by atoms with E-state index in [1.54, 1.807) is 18.2 Å². The summed E-state index contributed by atoms with van der Waals surface area (Å²) >= 11 is 9.38. The van der Waals surface area contributed by atoms with Crippen LogP contribution in [0.1, 0.15) is 16.7 Å². The molecule has 0 radical (unpaired) electrons. The van der Waals surface area contributed by atoms with Crippen LogP contribution in [0.15, 0.2) is 39.4 Å². The van der Waals surface area contributed by atoms with E-state index in [2.05, 4.69) is 15.9 Å². The van der Waals surface area contributed by atoms with Gasteiger partial charge in [-0.3, -0.25) is 0 Å². The fourth-order valence-corrected chi connectivity index (χ4v) is 2.04. The standard InChI is InChI=1S/C12H9BrClFO2/c1-16-9-3-2-7(6-8(9)15)12(14)10-4-5-11(13)17-10/h2-6,12H,1H3. The quantitative estimate of drug-likeness (QED) is 0.776. The normalized spacial score (nSPS) is 12.5. The molecule has 5 heteroatoms. The van der Waals surface area contributed by atoms with Crippen molar-refractivity contribution >= 4 is 27.5 Å². The van der Waals surface area contributed by atoms with Crippen molar-refractivity contribution in [2.75, 3.05) is 7.11 Å². The minimum absolute atomic E-state index is 0.193. The topological polar surface area (TPSA) is 22.4 Å². The summed E-state index contributed by atoms with van der Waals surface area (Å²) in [5, 5.41) is -0.526. The lowest BCUT2D eigenvalue weighted by atomic mass is 10.1. The molecule has 0 amide bonds. The van der Waals surface area contributed by atoms with E-state index in [1.807, 2.05) is 0 Å². The highest BCUT2D eigenvalue weighted by molar-refractivity contribution is 9.10. The molecule has 1 atom stereocenters. The summed E-state index contributed by atoms with van der Waals surface area (Å²) < 4.78 is 24.3. The monoisotopic (exact) mass is 318 g/mol. The Balaban J connectivity index is 2.31. The van der Waals surface area contributed by atoms with Gasteiger partial charge in [-0.1, -0.05) is 6.07 Å². The first kappa shape index (κ1) is 12.5. The van der Waals surface area contributed by atoms with Crippen LogP contribution in [0, 0.1) is 5.82 Å². The second-order valence-electron chi connectivity index (χ2n) is 3.40. The number of furan rings is 1. The molecule has 0 fully saturated rings. The number of hydrogen-bond donors (Lipinski definition) is 0. The van der Waals surface area contributed by atoms with Gasteiger partial charge in [0, 0.05) is 0 Å². The predicted octanol–water partition coefficient (Wildman–Crippen LogP) is 4.52. The Labute approximate surface area is 111 Å². The molecule has 90 valence electrons. The van der Waals surface area contributed by atoms with Crippen LogP contribution in [0.3, 0.4) is 0 Å². The average Bonchev–Trinajstić information content (AvgIpc) is 2.75. The van der Waals surface area contributed by atoms with Crippen molar-refractivity contribution in [2.45, 2.75) is 5.38 Å². The fourth-order valence-electron chi connectivity index (χ4n) is 1.47. The van der Waals surface area contributed by atoms with E-state index in [9.17, 15) is 4.39 Å². The van der Waals surface area contributed by atoms with Gasteiger partial charge in [0.25, 0.3) is 0 Å². The maximum Gasteiger partial charge on any atom is 0.169 e. The van der Waals surface area contributed by atoms with Crippen molar-refractivity contribution in [2.24, 2.45) is 0 Å². The van der Waals surface area contributed by atoms with Gasteiger partial charge in [0.15, 0.2) is 16.2 Å². The number of methoxy groups -OCH3 is 1. The van der Waals surface area contributed by atoms with Crippen LogP contribution >= 0.6 is 27.5 Å². The van der Waals surface area contributed by atoms with Gasteiger partial charge in [-0.25, -0.2) is 4.39 Å². The van der Waals surface area contributed by atoms with E-state index in [4.69, 9.17) is 20.8 Å². The van der Waals surface area contributed by atoms with Crippen molar-refractivity contribution in [3.63, 3.8) is 0 Å². The number of rotatable bonds is 3. The van der Waals surface area contributed by atoms with E-state index in [0.29, 0.717) is 16.0 Å². The molecule has 0 saturated heterocycles. The van der Waals surface area contributed by atoms with Gasteiger partial charge in [0.05, 0.1) is 7.11 Å². The first-order valence-electron chi connectivity index (χ1n) is 4.84. The third kappa shape index (κ3) is 2.64. The first-order chi connectivity index (χ1) is 8.11. The minimum atomic E-state index is -0.526. The van der Waals surface area contributed by atoms with Crippen LogP contribution < -0.4 is 4.74 Å². The Kier molecular flexibility index (Phi) is 3.74. The minimum Gasteiger partial charge on any atom is -0.494 e. The molecule has 0 aliphatic rings. The van der Waals surface area contributed by atoms with Gasteiger partial charge in [-0.15, -0.1) is 11.6 Å². The summed E-state index contributed by atoms with van der Waals surface area (Å²) in [7, 11) is 1.42. The molecule has 2 rings (SSSR count). The maximum absolute atomic E-state index is 13.5. The second-order valence-corrected chi connectivity index (χ2v) is 4.62. The fraction of sp³-hybridized carbons (Fsp3) is 0.167. The molecular formula is C12H9BrClFO2. The summed E-state index contributed by atoms with van der Waals surface area (Å²) in [5.41, 5.74) is 0.617. The first-order valence-corrected chi connectivity index (χ1v) is 6.07. The lowest BCUT2D eigenvalue weighted by Gasteiger charge is -2.08. The molecule has 1 heterocycles. The molecule has 0 aliphatic carbocycles. The number of hydrogen-bond acceptors (Lipinski definition) is 2. The third-order valence-electron chi connectivity index (χ3n) is 2.31. The summed E-state index contributed by atoms with van der Waals surface area (Å²) in [6.45, 7) is 0. The Morgan fingerprint density at radius 1 is 1.35 bits per heavy atom. The molecule has 0 bridgehead atoms. The molecule has 2 nitrogen and oxygen atoms in total. The Morgan fingerprint density at radius 2 is 2.12 bits per heavy atom. The lowest BCUT2D eigenvalue weighted by molar-refractivity contribution is 0.386. The molecule has 1 aromatic carbocycles. The van der Waals surface area contributed by atoms with E-state index in [-0.39, 0.29) is 5.75 Å². The molecule has 2 aromatic rings. The summed E-state index contributed by atoms with van der Waals surface area (Å²) in [5.74, 6) is 0.308. The van der Waals surface area contributed by atoms with Crippen LogP contribution in [0.2, 0.25) is 0 Å². The predicted molar refractivity (Wildman–Crippen MR) is 67.1 cm³/mol. The lowest BCUT2D eigenvalue weighted by Crippen LogP contribution is -1.94. The number of alkyl halides is 1. The molecule has 0 aliphatic heterocycles. The molecule has 0 spiro atoms. The van der Waals surface area contributed by atoms with Crippen LogP contribution in [0.5, 0.6) is 5.75 Å². The van der Waals surface area contributed by atoms with Crippen molar-refractivity contribution < 1.29 is 13.5 Å². The Hall–Kier alpha value is -1.00. The summed E-state index contributed by atoms with van der Waals surface area (Å²) in [6, 6.07) is 8.06. The highest BCUT2D eigenvalue weighted by Gasteiger charge is 2.16. The summed E-state index contributed by atoms with van der Waals surface area (Å²) in [6.07, 6.45) is 0. The van der Waals surface area contributed by atoms with Gasteiger partial charge < -0.3 is 9.15 Å². The smallest absolute Gasteiger partial charge is 0.169 e. The molecule has 17 heavy (non-hydrogen) atoms. The maximum atomic E-state index is 13.5. The van der Waals surface area contributed by atoms with Gasteiger partial charge in [0.2, 0.25) is 0 Å². The molecule has 0 N–H and O–H groups in total. The van der Waals surface area contributed by atoms with Gasteiger partial charge in [-0.2, -0.15) is 0 Å². The van der Waals surface area contributed by atoms with E-state index in [1.165, 1.54) is 19.2 Å². The zero-order chi connectivity index (χ0) is 12.4. The molecule has 1 unspecified atom stereocenters. The van der Waals surface area contributed by atoms with E-state index >= 15 is 0 Å². The SMILES string of the molecule is COc1ccc(C(Cl)c2ccc(Br)o2)cc1F. The molecule has 1 aromatic heterocycles. The second kappa shape index (κ2) is 5.10.